The van der Waals surface area contributed by atoms with Crippen molar-refractivity contribution < 1.29 is 9.59 Å². The van der Waals surface area contributed by atoms with Gasteiger partial charge in [-0.05, 0) is 12.1 Å². The summed E-state index contributed by atoms with van der Waals surface area (Å²) in [5.74, 6) is -0.268. The van der Waals surface area contributed by atoms with Gasteiger partial charge in [0.2, 0.25) is 0 Å². The maximum atomic E-state index is 11.6. The summed E-state index contributed by atoms with van der Waals surface area (Å²) in [5, 5.41) is 0.654. The van der Waals surface area contributed by atoms with Gasteiger partial charge in [-0.25, -0.2) is 9.78 Å². The van der Waals surface area contributed by atoms with Crippen LogP contribution in [-0.4, -0.2) is 40.3 Å². The molecule has 1 aromatic rings. The molecule has 1 saturated heterocycles. The zero-order valence-corrected chi connectivity index (χ0v) is 10.5. The van der Waals surface area contributed by atoms with Crippen LogP contribution in [0.25, 0.3) is 0 Å². The first kappa shape index (κ1) is 12.1. The lowest BCUT2D eigenvalue weighted by Gasteiger charge is -2.14. The largest absolute Gasteiger partial charge is 0.327 e. The van der Waals surface area contributed by atoms with Gasteiger partial charge >= 0.3 is 6.03 Å². The van der Waals surface area contributed by atoms with E-state index in [0.717, 1.165) is 4.90 Å². The Balaban J connectivity index is 2.24. The highest BCUT2D eigenvalue weighted by Crippen LogP contribution is 2.20. The van der Waals surface area contributed by atoms with Crippen LogP contribution in [0.4, 0.5) is 4.79 Å². The molecule has 90 valence electrons. The number of pyridine rings is 1. The molecule has 0 unspecified atom stereocenters. The van der Waals surface area contributed by atoms with E-state index in [0.29, 0.717) is 10.7 Å². The normalized spacial score (nSPS) is 15.9. The topological polar surface area (TPSA) is 53.5 Å². The van der Waals surface area contributed by atoms with Crippen LogP contribution in [-0.2, 0) is 11.3 Å². The highest BCUT2D eigenvalue weighted by Gasteiger charge is 2.34. The lowest BCUT2D eigenvalue weighted by molar-refractivity contribution is -0.125. The monoisotopic (exact) mass is 273 g/mol. The summed E-state index contributed by atoms with van der Waals surface area (Å²) >= 11 is 11.7. The highest BCUT2D eigenvalue weighted by atomic mass is 35.5. The molecule has 17 heavy (non-hydrogen) atoms. The number of likely N-dealkylation sites (N-methyl/N-ethyl adjacent to an activating group) is 1. The maximum Gasteiger partial charge on any atom is 0.327 e. The Kier molecular flexibility index (Phi) is 3.22. The summed E-state index contributed by atoms with van der Waals surface area (Å²) in [6.45, 7) is 0.123. The number of imide groups is 1. The molecule has 7 heteroatoms. The predicted molar refractivity (Wildman–Crippen MR) is 62.8 cm³/mol. The molecule has 0 aromatic carbocycles. The molecule has 0 atom stereocenters. The third-order valence-electron chi connectivity index (χ3n) is 2.42. The molecule has 2 rings (SSSR count). The third-order valence-corrected chi connectivity index (χ3v) is 2.98. The molecular weight excluding hydrogens is 265 g/mol. The van der Waals surface area contributed by atoms with E-state index >= 15 is 0 Å². The number of nitrogens with zero attached hydrogens (tertiary/aromatic N) is 3. The molecule has 0 spiro atoms. The van der Waals surface area contributed by atoms with Crippen molar-refractivity contribution in [2.45, 2.75) is 6.54 Å². The molecule has 0 saturated carbocycles. The van der Waals surface area contributed by atoms with Crippen molar-refractivity contribution in [3.8, 4) is 0 Å². The van der Waals surface area contributed by atoms with Crippen LogP contribution >= 0.6 is 23.2 Å². The number of carbonyl (C=O) groups is 2. The summed E-state index contributed by atoms with van der Waals surface area (Å²) in [4.78, 5) is 29.6. The first-order chi connectivity index (χ1) is 7.99. The van der Waals surface area contributed by atoms with Gasteiger partial charge in [0.15, 0.2) is 0 Å². The molecule has 3 amide bonds. The molecule has 1 aromatic heterocycles. The Morgan fingerprint density at radius 3 is 2.65 bits per heavy atom. The number of halogens is 2. The second-order valence-corrected chi connectivity index (χ2v) is 4.48. The van der Waals surface area contributed by atoms with Crippen molar-refractivity contribution in [1.82, 2.24) is 14.8 Å². The van der Waals surface area contributed by atoms with Crippen LogP contribution in [0.3, 0.4) is 0 Å². The maximum absolute atomic E-state index is 11.6. The van der Waals surface area contributed by atoms with E-state index in [4.69, 9.17) is 23.2 Å². The first-order valence-electron chi connectivity index (χ1n) is 4.85. The SMILES string of the molecule is CN1CC(=O)N(Cc2nc(Cl)ccc2Cl)C1=O. The number of amides is 3. The summed E-state index contributed by atoms with van der Waals surface area (Å²) in [5.41, 5.74) is 0.413. The molecule has 0 radical (unpaired) electrons. The van der Waals surface area contributed by atoms with E-state index in [2.05, 4.69) is 4.98 Å². The summed E-state index contributed by atoms with van der Waals surface area (Å²) in [6, 6.07) is 2.78. The highest BCUT2D eigenvalue weighted by molar-refractivity contribution is 6.32. The van der Waals surface area contributed by atoms with Crippen LogP contribution in [0.5, 0.6) is 0 Å². The van der Waals surface area contributed by atoms with E-state index < -0.39 is 0 Å². The van der Waals surface area contributed by atoms with E-state index in [1.54, 1.807) is 19.2 Å². The van der Waals surface area contributed by atoms with Crippen molar-refractivity contribution in [2.24, 2.45) is 0 Å². The van der Waals surface area contributed by atoms with Gasteiger partial charge in [0.25, 0.3) is 5.91 Å². The van der Waals surface area contributed by atoms with E-state index in [9.17, 15) is 9.59 Å². The predicted octanol–water partition coefficient (Wildman–Crippen LogP) is 1.78. The van der Waals surface area contributed by atoms with Gasteiger partial charge in [0.1, 0.15) is 11.7 Å². The molecule has 2 heterocycles. The van der Waals surface area contributed by atoms with Crippen LogP contribution in [0.1, 0.15) is 5.69 Å². The molecule has 1 aliphatic rings. The van der Waals surface area contributed by atoms with Gasteiger partial charge in [-0.3, -0.25) is 9.69 Å². The van der Waals surface area contributed by atoms with Crippen molar-refractivity contribution in [2.75, 3.05) is 13.6 Å². The van der Waals surface area contributed by atoms with Crippen LogP contribution in [0.2, 0.25) is 10.2 Å². The molecule has 0 bridgehead atoms. The second kappa shape index (κ2) is 4.50. The van der Waals surface area contributed by atoms with Gasteiger partial charge in [-0.2, -0.15) is 0 Å². The molecular formula is C10H9Cl2N3O2. The van der Waals surface area contributed by atoms with E-state index in [1.807, 2.05) is 0 Å². The fourth-order valence-corrected chi connectivity index (χ4v) is 1.87. The summed E-state index contributed by atoms with van der Waals surface area (Å²) in [6.07, 6.45) is 0. The Labute approximate surface area is 108 Å². The minimum Gasteiger partial charge on any atom is -0.318 e. The summed E-state index contributed by atoms with van der Waals surface area (Å²) in [7, 11) is 1.56. The van der Waals surface area contributed by atoms with E-state index in [1.165, 1.54) is 4.90 Å². The third kappa shape index (κ3) is 2.35. The minimum absolute atomic E-state index is 0.0431. The number of hydrogen-bond acceptors (Lipinski definition) is 3. The van der Waals surface area contributed by atoms with Crippen molar-refractivity contribution in [3.63, 3.8) is 0 Å². The van der Waals surface area contributed by atoms with Gasteiger partial charge in [0, 0.05) is 7.05 Å². The fourth-order valence-electron chi connectivity index (χ4n) is 1.54. The molecule has 1 fully saturated rings. The smallest absolute Gasteiger partial charge is 0.318 e. The van der Waals surface area contributed by atoms with Crippen molar-refractivity contribution in [1.29, 1.82) is 0 Å². The lowest BCUT2D eigenvalue weighted by Crippen LogP contribution is -2.31. The molecule has 0 aliphatic carbocycles. The second-order valence-electron chi connectivity index (χ2n) is 3.68. The molecule has 1 aliphatic heterocycles. The lowest BCUT2D eigenvalue weighted by atomic mass is 10.3. The Hall–Kier alpha value is -1.33. The number of urea groups is 1. The van der Waals surface area contributed by atoms with Gasteiger partial charge in [-0.1, -0.05) is 23.2 Å². The molecule has 5 nitrogen and oxygen atoms in total. The Morgan fingerprint density at radius 2 is 2.06 bits per heavy atom. The zero-order valence-electron chi connectivity index (χ0n) is 8.98. The van der Waals surface area contributed by atoms with Crippen LogP contribution < -0.4 is 0 Å². The standard InChI is InChI=1S/C10H9Cl2N3O2/c1-14-5-9(16)15(10(14)17)4-7-6(11)2-3-8(12)13-7/h2-3H,4-5H2,1H3. The fraction of sp³-hybridized carbons (Fsp3) is 0.300. The van der Waals surface area contributed by atoms with Crippen molar-refractivity contribution >= 4 is 35.1 Å². The van der Waals surface area contributed by atoms with Gasteiger partial charge in [-0.15, -0.1) is 0 Å². The Morgan fingerprint density at radius 1 is 1.35 bits per heavy atom. The number of aromatic nitrogens is 1. The van der Waals surface area contributed by atoms with Gasteiger partial charge < -0.3 is 4.90 Å². The average molecular weight is 274 g/mol. The minimum atomic E-state index is -0.354. The quantitative estimate of drug-likeness (QED) is 0.610. The van der Waals surface area contributed by atoms with Crippen molar-refractivity contribution in [3.05, 3.63) is 28.0 Å². The average Bonchev–Trinajstić information content (AvgIpc) is 2.50. The van der Waals surface area contributed by atoms with E-state index in [-0.39, 0.29) is 30.2 Å². The molecule has 0 N–H and O–H groups in total. The number of carbonyl (C=O) groups excluding carboxylic acids is 2. The Bertz CT molecular complexity index is 492. The van der Waals surface area contributed by atoms with Gasteiger partial charge in [0.05, 0.1) is 17.3 Å². The summed E-state index contributed by atoms with van der Waals surface area (Å²) < 4.78 is 0. The van der Waals surface area contributed by atoms with Crippen LogP contribution in [0.15, 0.2) is 12.1 Å². The first-order valence-corrected chi connectivity index (χ1v) is 5.61. The number of rotatable bonds is 2. The number of hydrogen-bond donors (Lipinski definition) is 0. The van der Waals surface area contributed by atoms with Crippen LogP contribution in [0, 0.1) is 0 Å². The zero-order chi connectivity index (χ0) is 12.6.